The summed E-state index contributed by atoms with van der Waals surface area (Å²) in [7, 11) is 0. The van der Waals surface area contributed by atoms with Crippen LogP contribution < -0.4 is 5.32 Å². The first kappa shape index (κ1) is 62.6. The summed E-state index contributed by atoms with van der Waals surface area (Å²) >= 11 is 0. The van der Waals surface area contributed by atoms with E-state index in [9.17, 15) is 15.0 Å². The van der Waals surface area contributed by atoms with Crippen LogP contribution in [0.1, 0.15) is 322 Å². The Kier molecular flexibility index (Phi) is 54.7. The van der Waals surface area contributed by atoms with Gasteiger partial charge in [-0.3, -0.25) is 4.79 Å². The predicted molar refractivity (Wildman–Crippen MR) is 285 cm³/mol. The van der Waals surface area contributed by atoms with Gasteiger partial charge < -0.3 is 15.5 Å². The molecule has 0 spiro atoms. The van der Waals surface area contributed by atoms with Gasteiger partial charge in [-0.2, -0.15) is 0 Å². The fourth-order valence-electron chi connectivity index (χ4n) is 9.13. The largest absolute Gasteiger partial charge is 0.394 e. The topological polar surface area (TPSA) is 69.6 Å². The molecule has 1 amide bonds. The van der Waals surface area contributed by atoms with Crippen LogP contribution in [0, 0.1) is 0 Å². The molecule has 64 heavy (non-hydrogen) atoms. The van der Waals surface area contributed by atoms with Gasteiger partial charge in [-0.25, -0.2) is 0 Å². The molecule has 0 aromatic rings. The number of hydrogen-bond donors (Lipinski definition) is 3. The van der Waals surface area contributed by atoms with Crippen molar-refractivity contribution in [3.05, 3.63) is 36.5 Å². The quantitative estimate of drug-likeness (QED) is 0.0421. The summed E-state index contributed by atoms with van der Waals surface area (Å²) in [6.45, 7) is 4.32. The Hall–Kier alpha value is -1.39. The summed E-state index contributed by atoms with van der Waals surface area (Å²) in [5, 5.41) is 23.1. The van der Waals surface area contributed by atoms with Gasteiger partial charge in [-0.15, -0.1) is 0 Å². The summed E-state index contributed by atoms with van der Waals surface area (Å²) in [6.07, 6.45) is 76.1. The highest BCUT2D eigenvalue weighted by Crippen LogP contribution is 2.17. The van der Waals surface area contributed by atoms with Gasteiger partial charge >= 0.3 is 0 Å². The molecule has 0 aromatic carbocycles. The van der Waals surface area contributed by atoms with Gasteiger partial charge in [-0.1, -0.05) is 294 Å². The van der Waals surface area contributed by atoms with Crippen LogP contribution in [-0.4, -0.2) is 34.9 Å². The van der Waals surface area contributed by atoms with Gasteiger partial charge in [0.05, 0.1) is 18.8 Å². The Balaban J connectivity index is 3.43. The summed E-state index contributed by atoms with van der Waals surface area (Å²) in [5.74, 6) is -0.0681. The van der Waals surface area contributed by atoms with Crippen LogP contribution in [0.4, 0.5) is 0 Å². The summed E-state index contributed by atoms with van der Waals surface area (Å²) < 4.78 is 0. The van der Waals surface area contributed by atoms with Crippen molar-refractivity contribution >= 4 is 5.91 Å². The van der Waals surface area contributed by atoms with Crippen LogP contribution >= 0.6 is 0 Å². The summed E-state index contributed by atoms with van der Waals surface area (Å²) in [4.78, 5) is 12.5. The maximum Gasteiger partial charge on any atom is 0.220 e. The SMILES string of the molecule is CCCCCCCCCC/C=C\CCCCCCCCCCCCCCCCCCCCCCCCCC(=O)NC(CO)C(O)/C=C/CC/C=C/CCCCCCCCCCCCC. The molecule has 378 valence electrons. The van der Waals surface area contributed by atoms with Crippen LogP contribution in [-0.2, 0) is 4.79 Å². The van der Waals surface area contributed by atoms with E-state index in [4.69, 9.17) is 0 Å². The molecular weight excluding hydrogens is 783 g/mol. The second-order valence-corrected chi connectivity index (χ2v) is 20.1. The highest BCUT2D eigenvalue weighted by molar-refractivity contribution is 5.76. The summed E-state index contributed by atoms with van der Waals surface area (Å²) in [5.41, 5.74) is 0. The minimum absolute atomic E-state index is 0.0681. The number of unbranched alkanes of at least 4 members (excludes halogenated alkanes) is 43. The zero-order valence-electron chi connectivity index (χ0n) is 43.6. The van der Waals surface area contributed by atoms with Crippen LogP contribution in [0.25, 0.3) is 0 Å². The molecule has 0 aromatic heterocycles. The van der Waals surface area contributed by atoms with E-state index in [2.05, 4.69) is 43.5 Å². The fraction of sp³-hybridized carbons (Fsp3) is 0.883. The zero-order valence-corrected chi connectivity index (χ0v) is 43.6. The molecule has 0 aliphatic carbocycles. The van der Waals surface area contributed by atoms with Crippen LogP contribution in [0.15, 0.2) is 36.5 Å². The van der Waals surface area contributed by atoms with Gasteiger partial charge in [0, 0.05) is 6.42 Å². The van der Waals surface area contributed by atoms with E-state index in [0.29, 0.717) is 6.42 Å². The smallest absolute Gasteiger partial charge is 0.220 e. The maximum atomic E-state index is 12.5. The van der Waals surface area contributed by atoms with Crippen molar-refractivity contribution in [3.8, 4) is 0 Å². The lowest BCUT2D eigenvalue weighted by molar-refractivity contribution is -0.123. The molecule has 4 nitrogen and oxygen atoms in total. The first-order chi connectivity index (χ1) is 31.7. The molecule has 0 saturated carbocycles. The molecule has 0 fully saturated rings. The molecular formula is C60H115NO3. The van der Waals surface area contributed by atoms with Crippen molar-refractivity contribution in [2.24, 2.45) is 0 Å². The normalized spacial score (nSPS) is 13.0. The van der Waals surface area contributed by atoms with E-state index in [-0.39, 0.29) is 12.5 Å². The molecule has 0 rings (SSSR count). The maximum absolute atomic E-state index is 12.5. The highest BCUT2D eigenvalue weighted by atomic mass is 16.3. The molecule has 0 saturated heterocycles. The third kappa shape index (κ3) is 51.6. The molecule has 3 N–H and O–H groups in total. The molecule has 0 aliphatic heterocycles. The Labute approximate surface area is 402 Å². The zero-order chi connectivity index (χ0) is 46.3. The van der Waals surface area contributed by atoms with Crippen molar-refractivity contribution in [2.75, 3.05) is 6.61 Å². The van der Waals surface area contributed by atoms with E-state index < -0.39 is 12.1 Å². The number of allylic oxidation sites excluding steroid dienone is 5. The number of carbonyl (C=O) groups excluding carboxylic acids is 1. The Morgan fingerprint density at radius 2 is 0.609 bits per heavy atom. The van der Waals surface area contributed by atoms with Crippen LogP contribution in [0.2, 0.25) is 0 Å². The number of nitrogens with one attached hydrogen (secondary N) is 1. The molecule has 2 atom stereocenters. The van der Waals surface area contributed by atoms with Crippen molar-refractivity contribution < 1.29 is 15.0 Å². The number of aliphatic hydroxyl groups excluding tert-OH is 2. The number of aliphatic hydroxyl groups is 2. The number of hydrogen-bond acceptors (Lipinski definition) is 3. The molecule has 0 bridgehead atoms. The Morgan fingerprint density at radius 1 is 0.359 bits per heavy atom. The fourth-order valence-corrected chi connectivity index (χ4v) is 9.13. The minimum atomic E-state index is -0.860. The van der Waals surface area contributed by atoms with Crippen molar-refractivity contribution in [1.29, 1.82) is 0 Å². The molecule has 0 aliphatic rings. The predicted octanol–water partition coefficient (Wildman–Crippen LogP) is 19.3. The van der Waals surface area contributed by atoms with Gasteiger partial charge in [-0.05, 0) is 57.8 Å². The third-order valence-corrected chi connectivity index (χ3v) is 13.6. The number of carbonyl (C=O) groups is 1. The van der Waals surface area contributed by atoms with Crippen molar-refractivity contribution in [3.63, 3.8) is 0 Å². The monoisotopic (exact) mass is 898 g/mol. The highest BCUT2D eigenvalue weighted by Gasteiger charge is 2.18. The summed E-state index contributed by atoms with van der Waals surface area (Å²) in [6, 6.07) is -0.637. The average molecular weight is 899 g/mol. The van der Waals surface area contributed by atoms with Gasteiger partial charge in [0.2, 0.25) is 5.91 Å². The second kappa shape index (κ2) is 55.9. The molecule has 4 heteroatoms. The first-order valence-electron chi connectivity index (χ1n) is 29.2. The lowest BCUT2D eigenvalue weighted by atomic mass is 10.0. The van der Waals surface area contributed by atoms with Crippen LogP contribution in [0.5, 0.6) is 0 Å². The van der Waals surface area contributed by atoms with E-state index in [0.717, 1.165) is 32.1 Å². The van der Waals surface area contributed by atoms with E-state index >= 15 is 0 Å². The lowest BCUT2D eigenvalue weighted by Crippen LogP contribution is -2.45. The second-order valence-electron chi connectivity index (χ2n) is 20.1. The van der Waals surface area contributed by atoms with Crippen molar-refractivity contribution in [1.82, 2.24) is 5.32 Å². The minimum Gasteiger partial charge on any atom is -0.394 e. The van der Waals surface area contributed by atoms with Gasteiger partial charge in [0.25, 0.3) is 0 Å². The molecule has 2 unspecified atom stereocenters. The Bertz CT molecular complexity index is 974. The van der Waals surface area contributed by atoms with Crippen molar-refractivity contribution in [2.45, 2.75) is 334 Å². The van der Waals surface area contributed by atoms with Gasteiger partial charge in [0.15, 0.2) is 0 Å². The molecule has 0 heterocycles. The van der Waals surface area contributed by atoms with E-state index in [1.165, 1.54) is 270 Å². The third-order valence-electron chi connectivity index (χ3n) is 13.6. The molecule has 0 radical (unpaired) electrons. The van der Waals surface area contributed by atoms with Gasteiger partial charge in [0.1, 0.15) is 0 Å². The van der Waals surface area contributed by atoms with Crippen LogP contribution in [0.3, 0.4) is 0 Å². The standard InChI is InChI=1S/C60H115NO3/c1-3-5-7-9-11-13-15-17-19-21-22-23-24-25-26-27-28-29-30-31-32-33-34-35-36-37-38-40-42-44-46-48-50-52-54-56-60(64)61-58(57-62)59(63)55-53-51-49-47-45-43-41-39-20-18-16-14-12-10-8-6-4-2/h21-22,45,47,53,55,58-59,62-63H,3-20,23-44,46,48-52,54,56-57H2,1-2H3,(H,61,64)/b22-21-,47-45+,55-53+. The van der Waals surface area contributed by atoms with E-state index in [1.54, 1.807) is 6.08 Å². The number of amides is 1. The first-order valence-corrected chi connectivity index (χ1v) is 29.2. The Morgan fingerprint density at radius 3 is 0.906 bits per heavy atom. The number of rotatable bonds is 54. The average Bonchev–Trinajstić information content (AvgIpc) is 3.30. The van der Waals surface area contributed by atoms with E-state index in [1.807, 2.05) is 6.08 Å². The lowest BCUT2D eigenvalue weighted by Gasteiger charge is -2.19.